The van der Waals surface area contributed by atoms with E-state index in [0.29, 0.717) is 11.3 Å². The van der Waals surface area contributed by atoms with Gasteiger partial charge in [0.2, 0.25) is 0 Å². The SMILES string of the molecule is CSc1cc(C)c(O)cc1-c1cc(C(=O)O)no1. The Morgan fingerprint density at radius 3 is 2.67 bits per heavy atom. The van der Waals surface area contributed by atoms with E-state index in [4.69, 9.17) is 9.63 Å². The summed E-state index contributed by atoms with van der Waals surface area (Å²) in [7, 11) is 0. The highest BCUT2D eigenvalue weighted by Crippen LogP contribution is 2.35. The maximum Gasteiger partial charge on any atom is 0.358 e. The number of phenolic OH excluding ortho intramolecular Hbond substituents is 1. The zero-order valence-electron chi connectivity index (χ0n) is 9.80. The van der Waals surface area contributed by atoms with Crippen LogP contribution in [0.4, 0.5) is 0 Å². The maximum absolute atomic E-state index is 10.7. The molecule has 6 heteroatoms. The summed E-state index contributed by atoms with van der Waals surface area (Å²) in [5.41, 5.74) is 1.23. The number of aromatic nitrogens is 1. The number of aryl methyl sites for hydroxylation is 1. The predicted octanol–water partition coefficient (Wildman–Crippen LogP) is 2.78. The van der Waals surface area contributed by atoms with Gasteiger partial charge in [0.15, 0.2) is 11.5 Å². The number of aromatic hydroxyl groups is 1. The molecule has 1 aromatic heterocycles. The largest absolute Gasteiger partial charge is 0.508 e. The summed E-state index contributed by atoms with van der Waals surface area (Å²) in [6.07, 6.45) is 1.89. The van der Waals surface area contributed by atoms with Gasteiger partial charge in [0, 0.05) is 16.5 Å². The number of benzene rings is 1. The molecule has 94 valence electrons. The fourth-order valence-electron chi connectivity index (χ4n) is 1.53. The molecule has 0 spiro atoms. The molecule has 0 radical (unpaired) electrons. The van der Waals surface area contributed by atoms with Crippen LogP contribution in [0, 0.1) is 6.92 Å². The predicted molar refractivity (Wildman–Crippen MR) is 67.1 cm³/mol. The summed E-state index contributed by atoms with van der Waals surface area (Å²) in [5.74, 6) is -0.685. The molecule has 2 N–H and O–H groups in total. The van der Waals surface area contributed by atoms with Gasteiger partial charge in [-0.1, -0.05) is 5.16 Å². The third-order valence-corrected chi connectivity index (χ3v) is 3.29. The lowest BCUT2D eigenvalue weighted by atomic mass is 10.1. The fraction of sp³-hybridized carbons (Fsp3) is 0.167. The molecule has 1 heterocycles. The Kier molecular flexibility index (Phi) is 3.29. The molecular weight excluding hydrogens is 254 g/mol. The Bertz CT molecular complexity index is 606. The number of hydrogen-bond acceptors (Lipinski definition) is 5. The van der Waals surface area contributed by atoms with E-state index in [1.807, 2.05) is 12.3 Å². The number of carboxylic acids is 1. The molecule has 18 heavy (non-hydrogen) atoms. The maximum atomic E-state index is 10.7. The topological polar surface area (TPSA) is 83.6 Å². The number of hydrogen-bond donors (Lipinski definition) is 2. The number of rotatable bonds is 3. The second-order valence-corrected chi connectivity index (χ2v) is 4.57. The molecular formula is C12H11NO4S. The average Bonchev–Trinajstić information content (AvgIpc) is 2.81. The van der Waals surface area contributed by atoms with Crippen molar-refractivity contribution >= 4 is 17.7 Å². The van der Waals surface area contributed by atoms with Crippen LogP contribution in [0.3, 0.4) is 0 Å². The van der Waals surface area contributed by atoms with E-state index < -0.39 is 5.97 Å². The normalized spacial score (nSPS) is 10.6. The van der Waals surface area contributed by atoms with Crippen LogP contribution in [0.2, 0.25) is 0 Å². The van der Waals surface area contributed by atoms with Gasteiger partial charge in [0.25, 0.3) is 0 Å². The molecule has 0 bridgehead atoms. The van der Waals surface area contributed by atoms with Crippen molar-refractivity contribution in [3.63, 3.8) is 0 Å². The van der Waals surface area contributed by atoms with Gasteiger partial charge < -0.3 is 14.7 Å². The minimum atomic E-state index is -1.15. The van der Waals surface area contributed by atoms with Gasteiger partial charge in [-0.15, -0.1) is 11.8 Å². The van der Waals surface area contributed by atoms with Crippen molar-refractivity contribution in [1.82, 2.24) is 5.16 Å². The third-order valence-electron chi connectivity index (χ3n) is 2.51. The quantitative estimate of drug-likeness (QED) is 0.830. The first-order chi connectivity index (χ1) is 8.52. The van der Waals surface area contributed by atoms with E-state index in [1.165, 1.54) is 17.8 Å². The summed E-state index contributed by atoms with van der Waals surface area (Å²) in [5, 5.41) is 22.0. The van der Waals surface area contributed by atoms with E-state index in [2.05, 4.69) is 5.16 Å². The van der Waals surface area contributed by atoms with Crippen LogP contribution in [-0.2, 0) is 0 Å². The van der Waals surface area contributed by atoms with Crippen molar-refractivity contribution in [3.05, 3.63) is 29.5 Å². The van der Waals surface area contributed by atoms with Gasteiger partial charge in [-0.3, -0.25) is 0 Å². The van der Waals surface area contributed by atoms with E-state index in [1.54, 1.807) is 13.0 Å². The van der Waals surface area contributed by atoms with Crippen LogP contribution >= 0.6 is 11.8 Å². The Morgan fingerprint density at radius 1 is 1.39 bits per heavy atom. The molecule has 0 amide bonds. The number of carbonyl (C=O) groups is 1. The Hall–Kier alpha value is -1.95. The minimum absolute atomic E-state index is 0.135. The summed E-state index contributed by atoms with van der Waals surface area (Å²) >= 11 is 1.48. The van der Waals surface area contributed by atoms with Gasteiger partial charge >= 0.3 is 5.97 Å². The molecule has 5 nitrogen and oxygen atoms in total. The third kappa shape index (κ3) is 2.19. The molecule has 0 saturated heterocycles. The first-order valence-electron chi connectivity index (χ1n) is 5.11. The number of aromatic carboxylic acids is 1. The molecule has 0 fully saturated rings. The molecule has 2 rings (SSSR count). The lowest BCUT2D eigenvalue weighted by Gasteiger charge is -2.07. The second-order valence-electron chi connectivity index (χ2n) is 3.72. The average molecular weight is 265 g/mol. The minimum Gasteiger partial charge on any atom is -0.508 e. The summed E-state index contributed by atoms with van der Waals surface area (Å²) in [6, 6.07) is 4.71. The zero-order valence-corrected chi connectivity index (χ0v) is 10.6. The first kappa shape index (κ1) is 12.5. The lowest BCUT2D eigenvalue weighted by Crippen LogP contribution is -1.94. The van der Waals surface area contributed by atoms with Crippen molar-refractivity contribution in [2.45, 2.75) is 11.8 Å². The van der Waals surface area contributed by atoms with Gasteiger partial charge in [-0.25, -0.2) is 4.79 Å². The van der Waals surface area contributed by atoms with Crippen LogP contribution in [0.1, 0.15) is 16.1 Å². The standard InChI is InChI=1S/C12H11NO4S/c1-6-3-11(18-2)7(4-9(6)14)10-5-8(12(15)16)13-17-10/h3-5,14H,1-2H3,(H,15,16). The Morgan fingerprint density at radius 2 is 2.11 bits per heavy atom. The van der Waals surface area contributed by atoms with Gasteiger partial charge in [-0.2, -0.15) is 0 Å². The van der Waals surface area contributed by atoms with Crippen molar-refractivity contribution in [1.29, 1.82) is 0 Å². The van der Waals surface area contributed by atoms with Gasteiger partial charge in [-0.05, 0) is 30.9 Å². The monoisotopic (exact) mass is 265 g/mol. The zero-order chi connectivity index (χ0) is 13.3. The lowest BCUT2D eigenvalue weighted by molar-refractivity contribution is 0.0686. The molecule has 0 aliphatic rings. The van der Waals surface area contributed by atoms with Crippen molar-refractivity contribution in [2.24, 2.45) is 0 Å². The van der Waals surface area contributed by atoms with Crippen molar-refractivity contribution in [3.8, 4) is 17.1 Å². The summed E-state index contributed by atoms with van der Waals surface area (Å²) < 4.78 is 4.99. The first-order valence-corrected chi connectivity index (χ1v) is 6.33. The number of carboxylic acid groups (broad SMARTS) is 1. The molecule has 0 aliphatic carbocycles. The van der Waals surface area contributed by atoms with Gasteiger partial charge in [0.1, 0.15) is 5.75 Å². The van der Waals surface area contributed by atoms with Crippen molar-refractivity contribution < 1.29 is 19.5 Å². The molecule has 0 aliphatic heterocycles. The number of thioether (sulfide) groups is 1. The highest BCUT2D eigenvalue weighted by Gasteiger charge is 2.16. The Labute approximate surface area is 107 Å². The highest BCUT2D eigenvalue weighted by atomic mass is 32.2. The van der Waals surface area contributed by atoms with Crippen LogP contribution in [0.15, 0.2) is 27.6 Å². The number of nitrogens with zero attached hydrogens (tertiary/aromatic N) is 1. The molecule has 2 aromatic rings. The fourth-order valence-corrected chi connectivity index (χ4v) is 2.21. The number of phenols is 1. The van der Waals surface area contributed by atoms with Crippen LogP contribution in [-0.4, -0.2) is 27.6 Å². The van der Waals surface area contributed by atoms with Crippen LogP contribution < -0.4 is 0 Å². The Balaban J connectivity index is 2.55. The molecule has 0 unspecified atom stereocenters. The van der Waals surface area contributed by atoms with E-state index >= 15 is 0 Å². The van der Waals surface area contributed by atoms with Crippen LogP contribution in [0.5, 0.6) is 5.75 Å². The van der Waals surface area contributed by atoms with Crippen molar-refractivity contribution in [2.75, 3.05) is 6.26 Å². The van der Waals surface area contributed by atoms with E-state index in [-0.39, 0.29) is 11.4 Å². The van der Waals surface area contributed by atoms with Crippen LogP contribution in [0.25, 0.3) is 11.3 Å². The molecule has 1 aromatic carbocycles. The van der Waals surface area contributed by atoms with E-state index in [9.17, 15) is 9.90 Å². The summed E-state index contributed by atoms with van der Waals surface area (Å²) in [6.45, 7) is 1.79. The summed E-state index contributed by atoms with van der Waals surface area (Å²) in [4.78, 5) is 11.6. The van der Waals surface area contributed by atoms with E-state index in [0.717, 1.165) is 10.5 Å². The highest BCUT2D eigenvalue weighted by molar-refractivity contribution is 7.98. The smallest absolute Gasteiger partial charge is 0.358 e. The molecule has 0 saturated carbocycles. The molecule has 0 atom stereocenters. The van der Waals surface area contributed by atoms with Gasteiger partial charge in [0.05, 0.1) is 0 Å². The second kappa shape index (κ2) is 4.73.